The molecule has 2 rings (SSSR count). The topological polar surface area (TPSA) is 44.5 Å². The Kier molecular flexibility index (Phi) is 3.03. The second-order valence-electron chi connectivity index (χ2n) is 3.71. The van der Waals surface area contributed by atoms with E-state index in [2.05, 4.69) is 0 Å². The minimum Gasteiger partial charge on any atom is -0.493 e. The molecule has 0 amide bonds. The maximum Gasteiger partial charge on any atom is 0.164 e. The summed E-state index contributed by atoms with van der Waals surface area (Å²) < 4.78 is 10.9. The van der Waals surface area contributed by atoms with Crippen LogP contribution in [-0.2, 0) is 6.42 Å². The number of fused-ring (bicyclic) bond motifs is 1. The first-order valence-electron chi connectivity index (χ1n) is 4.94. The first-order chi connectivity index (χ1) is 7.24. The van der Waals surface area contributed by atoms with E-state index in [1.54, 1.807) is 13.2 Å². The summed E-state index contributed by atoms with van der Waals surface area (Å²) in [5.41, 5.74) is 6.71. The van der Waals surface area contributed by atoms with Crippen molar-refractivity contribution < 1.29 is 9.47 Å². The Morgan fingerprint density at radius 2 is 2.40 bits per heavy atom. The first kappa shape index (κ1) is 10.6. The van der Waals surface area contributed by atoms with Crippen LogP contribution in [0, 0.1) is 5.92 Å². The monoisotopic (exact) mass is 227 g/mol. The Labute approximate surface area is 94.1 Å². The predicted octanol–water partition coefficient (Wildman–Crippen LogP) is 1.86. The molecule has 4 heteroatoms. The highest BCUT2D eigenvalue weighted by molar-refractivity contribution is 6.30. The van der Waals surface area contributed by atoms with Gasteiger partial charge < -0.3 is 15.2 Å². The van der Waals surface area contributed by atoms with Crippen molar-refractivity contribution in [3.05, 3.63) is 22.7 Å². The van der Waals surface area contributed by atoms with Crippen molar-refractivity contribution in [2.75, 3.05) is 20.3 Å². The van der Waals surface area contributed by atoms with E-state index in [1.807, 2.05) is 6.07 Å². The molecule has 1 heterocycles. The molecule has 1 aromatic carbocycles. The van der Waals surface area contributed by atoms with Gasteiger partial charge in [0.05, 0.1) is 13.7 Å². The van der Waals surface area contributed by atoms with Gasteiger partial charge in [0.15, 0.2) is 11.5 Å². The van der Waals surface area contributed by atoms with Crippen LogP contribution in [-0.4, -0.2) is 20.3 Å². The smallest absolute Gasteiger partial charge is 0.164 e. The van der Waals surface area contributed by atoms with Crippen LogP contribution in [0.5, 0.6) is 11.5 Å². The van der Waals surface area contributed by atoms with Gasteiger partial charge in [-0.2, -0.15) is 0 Å². The third-order valence-electron chi connectivity index (χ3n) is 2.62. The van der Waals surface area contributed by atoms with Crippen LogP contribution in [0.1, 0.15) is 5.56 Å². The summed E-state index contributed by atoms with van der Waals surface area (Å²) in [6, 6.07) is 3.68. The highest BCUT2D eigenvalue weighted by Gasteiger charge is 2.22. The fraction of sp³-hybridized carbons (Fsp3) is 0.455. The van der Waals surface area contributed by atoms with Crippen LogP contribution >= 0.6 is 11.6 Å². The van der Waals surface area contributed by atoms with Gasteiger partial charge in [0.1, 0.15) is 0 Å². The quantitative estimate of drug-likeness (QED) is 0.839. The van der Waals surface area contributed by atoms with Crippen molar-refractivity contribution in [2.24, 2.45) is 11.7 Å². The van der Waals surface area contributed by atoms with Crippen LogP contribution < -0.4 is 15.2 Å². The molecule has 0 spiro atoms. The van der Waals surface area contributed by atoms with Crippen LogP contribution in [0.15, 0.2) is 12.1 Å². The maximum atomic E-state index is 5.98. The third kappa shape index (κ3) is 2.03. The fourth-order valence-electron chi connectivity index (χ4n) is 1.81. The second kappa shape index (κ2) is 4.29. The number of nitrogens with two attached hydrogens (primary N) is 1. The summed E-state index contributed by atoms with van der Waals surface area (Å²) >= 11 is 5.98. The fourth-order valence-corrected chi connectivity index (χ4v) is 2.04. The van der Waals surface area contributed by atoms with Crippen LogP contribution in [0.2, 0.25) is 5.02 Å². The van der Waals surface area contributed by atoms with Crippen molar-refractivity contribution in [1.82, 2.24) is 0 Å². The summed E-state index contributed by atoms with van der Waals surface area (Å²) in [4.78, 5) is 0. The molecule has 82 valence electrons. The van der Waals surface area contributed by atoms with Gasteiger partial charge in [0.25, 0.3) is 0 Å². The first-order valence-corrected chi connectivity index (χ1v) is 5.31. The van der Waals surface area contributed by atoms with Crippen molar-refractivity contribution in [3.63, 3.8) is 0 Å². The molecule has 3 nitrogen and oxygen atoms in total. The van der Waals surface area contributed by atoms with Gasteiger partial charge in [-0.1, -0.05) is 11.6 Å². The van der Waals surface area contributed by atoms with E-state index >= 15 is 0 Å². The molecule has 0 aromatic heterocycles. The molecule has 2 N–H and O–H groups in total. The highest BCUT2D eigenvalue weighted by atomic mass is 35.5. The van der Waals surface area contributed by atoms with Crippen LogP contribution in [0.3, 0.4) is 0 Å². The molecule has 0 aliphatic carbocycles. The summed E-state index contributed by atoms with van der Waals surface area (Å²) in [7, 11) is 1.62. The van der Waals surface area contributed by atoms with Crippen LogP contribution in [0.4, 0.5) is 0 Å². The number of ether oxygens (including phenoxy) is 2. The average molecular weight is 228 g/mol. The molecular weight excluding hydrogens is 214 g/mol. The molecule has 0 fully saturated rings. The molecule has 0 saturated heterocycles. The van der Waals surface area contributed by atoms with Crippen molar-refractivity contribution in [1.29, 1.82) is 0 Å². The SMILES string of the molecule is COc1cc(Cl)cc2c1OCC(CN)C2. The summed E-state index contributed by atoms with van der Waals surface area (Å²) in [6.07, 6.45) is 0.906. The maximum absolute atomic E-state index is 5.98. The largest absolute Gasteiger partial charge is 0.493 e. The third-order valence-corrected chi connectivity index (χ3v) is 2.84. The van der Waals surface area contributed by atoms with E-state index in [0.717, 1.165) is 17.7 Å². The molecule has 1 aromatic rings. The lowest BCUT2D eigenvalue weighted by molar-refractivity contribution is 0.216. The number of hydrogen-bond acceptors (Lipinski definition) is 3. The molecule has 0 saturated carbocycles. The van der Waals surface area contributed by atoms with E-state index in [-0.39, 0.29) is 0 Å². The molecule has 1 unspecified atom stereocenters. The lowest BCUT2D eigenvalue weighted by Crippen LogP contribution is -2.27. The number of rotatable bonds is 2. The minimum absolute atomic E-state index is 0.376. The Morgan fingerprint density at radius 3 is 3.07 bits per heavy atom. The Bertz CT molecular complexity index is 368. The van der Waals surface area contributed by atoms with Crippen molar-refractivity contribution >= 4 is 11.6 Å². The summed E-state index contributed by atoms with van der Waals surface area (Å²) in [5, 5.41) is 0.673. The Hall–Kier alpha value is -0.930. The summed E-state index contributed by atoms with van der Waals surface area (Å²) in [5.74, 6) is 1.89. The molecule has 0 radical (unpaired) electrons. The minimum atomic E-state index is 0.376. The normalized spacial score (nSPS) is 19.3. The Morgan fingerprint density at radius 1 is 1.60 bits per heavy atom. The van der Waals surface area contributed by atoms with Gasteiger partial charge in [-0.25, -0.2) is 0 Å². The van der Waals surface area contributed by atoms with Crippen LogP contribution in [0.25, 0.3) is 0 Å². The van der Waals surface area contributed by atoms with Crippen molar-refractivity contribution in [3.8, 4) is 11.5 Å². The van der Waals surface area contributed by atoms with Gasteiger partial charge in [-0.05, 0) is 24.6 Å². The zero-order valence-corrected chi connectivity index (χ0v) is 9.38. The molecule has 1 aliphatic rings. The lowest BCUT2D eigenvalue weighted by atomic mass is 9.96. The predicted molar refractivity (Wildman–Crippen MR) is 59.7 cm³/mol. The number of hydrogen-bond donors (Lipinski definition) is 1. The van der Waals surface area contributed by atoms with E-state index in [1.165, 1.54) is 0 Å². The molecule has 1 atom stereocenters. The van der Waals surface area contributed by atoms with Crippen molar-refractivity contribution in [2.45, 2.75) is 6.42 Å². The van der Waals surface area contributed by atoms with Gasteiger partial charge >= 0.3 is 0 Å². The van der Waals surface area contributed by atoms with E-state index in [9.17, 15) is 0 Å². The van der Waals surface area contributed by atoms with Gasteiger partial charge in [0, 0.05) is 17.0 Å². The standard InChI is InChI=1S/C11H14ClNO2/c1-14-10-4-9(12)3-8-2-7(5-13)6-15-11(8)10/h3-4,7H,2,5-6,13H2,1H3. The average Bonchev–Trinajstić information content (AvgIpc) is 2.26. The van der Waals surface area contributed by atoms with Gasteiger partial charge in [-0.3, -0.25) is 0 Å². The zero-order valence-electron chi connectivity index (χ0n) is 8.63. The number of benzene rings is 1. The number of halogens is 1. The molecule has 0 bridgehead atoms. The lowest BCUT2D eigenvalue weighted by Gasteiger charge is -2.25. The van der Waals surface area contributed by atoms with E-state index < -0.39 is 0 Å². The second-order valence-corrected chi connectivity index (χ2v) is 4.15. The van der Waals surface area contributed by atoms with E-state index in [0.29, 0.717) is 29.8 Å². The molecule has 15 heavy (non-hydrogen) atoms. The van der Waals surface area contributed by atoms with E-state index in [4.69, 9.17) is 26.8 Å². The number of methoxy groups -OCH3 is 1. The Balaban J connectivity index is 2.38. The molecular formula is C11H14ClNO2. The highest BCUT2D eigenvalue weighted by Crippen LogP contribution is 2.38. The summed E-state index contributed by atoms with van der Waals surface area (Å²) in [6.45, 7) is 1.29. The van der Waals surface area contributed by atoms with Gasteiger partial charge in [0.2, 0.25) is 0 Å². The molecule has 1 aliphatic heterocycles. The van der Waals surface area contributed by atoms with Gasteiger partial charge in [-0.15, -0.1) is 0 Å². The zero-order chi connectivity index (χ0) is 10.8.